The van der Waals surface area contributed by atoms with E-state index in [-0.39, 0.29) is 18.4 Å². The second-order valence-electron chi connectivity index (χ2n) is 4.83. The van der Waals surface area contributed by atoms with Gasteiger partial charge in [-0.05, 0) is 52.3 Å². The molecule has 0 heterocycles. The van der Waals surface area contributed by atoms with Gasteiger partial charge in [0.15, 0.2) is 6.61 Å². The molecule has 2 amide bonds. The summed E-state index contributed by atoms with van der Waals surface area (Å²) in [4.78, 5) is 23.6. The number of hydrogen-bond acceptors (Lipinski definition) is 3. The Hall–Kier alpha value is -2.05. The zero-order valence-electron chi connectivity index (χ0n) is 12.7. The Morgan fingerprint density at radius 1 is 1.00 bits per heavy atom. The van der Waals surface area contributed by atoms with Gasteiger partial charge in [0.2, 0.25) is 0 Å². The van der Waals surface area contributed by atoms with Crippen LogP contribution >= 0.6 is 27.5 Å². The predicted octanol–water partition coefficient (Wildman–Crippen LogP) is 3.03. The lowest BCUT2D eigenvalue weighted by Crippen LogP contribution is -2.36. The molecule has 0 atom stereocenters. The summed E-state index contributed by atoms with van der Waals surface area (Å²) in [6, 6.07) is 13.9. The zero-order chi connectivity index (χ0) is 17.4. The van der Waals surface area contributed by atoms with Crippen molar-refractivity contribution in [2.24, 2.45) is 0 Å². The summed E-state index contributed by atoms with van der Waals surface area (Å²) in [5.74, 6) is 0.103. The molecule has 0 aliphatic heterocycles. The lowest BCUT2D eigenvalue weighted by atomic mass is 10.2. The molecule has 0 bridgehead atoms. The van der Waals surface area contributed by atoms with E-state index in [1.807, 2.05) is 6.07 Å². The Morgan fingerprint density at radius 2 is 1.67 bits per heavy atom. The van der Waals surface area contributed by atoms with Crippen molar-refractivity contribution in [2.75, 3.05) is 19.7 Å². The molecule has 24 heavy (non-hydrogen) atoms. The van der Waals surface area contributed by atoms with Crippen LogP contribution in [0.5, 0.6) is 5.75 Å². The molecule has 126 valence electrons. The van der Waals surface area contributed by atoms with E-state index in [0.29, 0.717) is 29.4 Å². The quantitative estimate of drug-likeness (QED) is 0.688. The number of carbonyl (C=O) groups excluding carboxylic acids is 2. The molecule has 0 unspecified atom stereocenters. The second kappa shape index (κ2) is 9.30. The number of ether oxygens (including phenoxy) is 1. The molecule has 5 nitrogen and oxygen atoms in total. The van der Waals surface area contributed by atoms with E-state index in [1.165, 1.54) is 0 Å². The molecule has 0 saturated carbocycles. The Bertz CT molecular complexity index is 707. The van der Waals surface area contributed by atoms with Crippen LogP contribution in [0.1, 0.15) is 10.4 Å². The van der Waals surface area contributed by atoms with Crippen LogP contribution in [0.2, 0.25) is 5.02 Å². The lowest BCUT2D eigenvalue weighted by Gasteiger charge is -2.09. The Balaban J connectivity index is 1.65. The van der Waals surface area contributed by atoms with Crippen LogP contribution in [0.15, 0.2) is 53.0 Å². The molecule has 0 aliphatic carbocycles. The van der Waals surface area contributed by atoms with Gasteiger partial charge < -0.3 is 15.4 Å². The van der Waals surface area contributed by atoms with Crippen LogP contribution in [-0.2, 0) is 4.79 Å². The van der Waals surface area contributed by atoms with Gasteiger partial charge in [0.1, 0.15) is 5.75 Å². The molecule has 0 radical (unpaired) electrons. The van der Waals surface area contributed by atoms with Gasteiger partial charge >= 0.3 is 0 Å². The second-order valence-corrected chi connectivity index (χ2v) is 6.12. The first kappa shape index (κ1) is 18.3. The topological polar surface area (TPSA) is 67.4 Å². The number of rotatable bonds is 7. The number of halogens is 2. The average Bonchev–Trinajstić information content (AvgIpc) is 2.58. The average molecular weight is 412 g/mol. The molecule has 7 heteroatoms. The van der Waals surface area contributed by atoms with Gasteiger partial charge in [-0.1, -0.05) is 23.7 Å². The molecule has 0 saturated heterocycles. The maximum absolute atomic E-state index is 12.0. The van der Waals surface area contributed by atoms with Crippen molar-refractivity contribution in [2.45, 2.75) is 0 Å². The van der Waals surface area contributed by atoms with E-state index in [2.05, 4.69) is 26.6 Å². The summed E-state index contributed by atoms with van der Waals surface area (Å²) in [5, 5.41) is 6.01. The highest BCUT2D eigenvalue weighted by Gasteiger charge is 2.08. The fourth-order valence-corrected chi connectivity index (χ4v) is 2.44. The summed E-state index contributed by atoms with van der Waals surface area (Å²) in [6.07, 6.45) is 0. The molecule has 2 N–H and O–H groups in total. The maximum atomic E-state index is 12.0. The maximum Gasteiger partial charge on any atom is 0.258 e. The van der Waals surface area contributed by atoms with Crippen molar-refractivity contribution in [1.29, 1.82) is 0 Å². The van der Waals surface area contributed by atoms with Gasteiger partial charge in [-0.25, -0.2) is 0 Å². The van der Waals surface area contributed by atoms with Crippen LogP contribution in [0.3, 0.4) is 0 Å². The van der Waals surface area contributed by atoms with E-state index in [9.17, 15) is 9.59 Å². The number of benzene rings is 2. The van der Waals surface area contributed by atoms with E-state index < -0.39 is 0 Å². The summed E-state index contributed by atoms with van der Waals surface area (Å²) in [7, 11) is 0. The van der Waals surface area contributed by atoms with Gasteiger partial charge in [-0.15, -0.1) is 0 Å². The molecule has 0 aliphatic rings. The normalized spacial score (nSPS) is 10.1. The minimum absolute atomic E-state index is 0.0974. The van der Waals surface area contributed by atoms with Gasteiger partial charge in [0.25, 0.3) is 11.8 Å². The van der Waals surface area contributed by atoms with Gasteiger partial charge in [-0.3, -0.25) is 9.59 Å². The molecular formula is C17H16BrClN2O3. The minimum atomic E-state index is -0.264. The van der Waals surface area contributed by atoms with Crippen LogP contribution in [0.25, 0.3) is 0 Å². The molecule has 2 aromatic carbocycles. The summed E-state index contributed by atoms with van der Waals surface area (Å²) >= 11 is 9.09. The molecule has 2 rings (SSSR count). The fourth-order valence-electron chi connectivity index (χ4n) is 1.85. The molecule has 0 spiro atoms. The van der Waals surface area contributed by atoms with E-state index in [1.54, 1.807) is 42.5 Å². The van der Waals surface area contributed by atoms with E-state index in [0.717, 1.165) is 4.47 Å². The highest BCUT2D eigenvalue weighted by atomic mass is 79.9. The van der Waals surface area contributed by atoms with Crippen LogP contribution in [-0.4, -0.2) is 31.5 Å². The fraction of sp³-hybridized carbons (Fsp3) is 0.176. The summed E-state index contributed by atoms with van der Waals surface area (Å²) in [6.45, 7) is 0.547. The van der Waals surface area contributed by atoms with E-state index in [4.69, 9.17) is 16.3 Å². The third kappa shape index (κ3) is 5.86. The van der Waals surface area contributed by atoms with Crippen LogP contribution in [0.4, 0.5) is 0 Å². The van der Waals surface area contributed by atoms with Crippen molar-refractivity contribution in [3.8, 4) is 5.75 Å². The standard InChI is InChI=1S/C17H16BrClN2O3/c18-15-4-2-1-3-14(15)17(23)21-10-9-20-16(22)11-24-13-7-5-12(19)6-8-13/h1-8H,9-11H2,(H,20,22)(H,21,23). The SMILES string of the molecule is O=C(COc1ccc(Cl)cc1)NCCNC(=O)c1ccccc1Br. The third-order valence-electron chi connectivity index (χ3n) is 3.03. The van der Waals surface area contributed by atoms with Gasteiger partial charge in [0.05, 0.1) is 5.56 Å². The number of hydrogen-bond donors (Lipinski definition) is 2. The Morgan fingerprint density at radius 3 is 2.38 bits per heavy atom. The Labute approximate surface area is 153 Å². The van der Waals surface area contributed by atoms with Crippen molar-refractivity contribution >= 4 is 39.3 Å². The number of nitrogens with one attached hydrogen (secondary N) is 2. The first-order chi connectivity index (χ1) is 11.6. The van der Waals surface area contributed by atoms with Crippen molar-refractivity contribution < 1.29 is 14.3 Å². The Kier molecular flexibility index (Phi) is 7.08. The van der Waals surface area contributed by atoms with Gasteiger partial charge in [-0.2, -0.15) is 0 Å². The molecular weight excluding hydrogens is 396 g/mol. The monoisotopic (exact) mass is 410 g/mol. The van der Waals surface area contributed by atoms with Crippen molar-refractivity contribution in [3.63, 3.8) is 0 Å². The third-order valence-corrected chi connectivity index (χ3v) is 3.98. The zero-order valence-corrected chi connectivity index (χ0v) is 15.1. The largest absolute Gasteiger partial charge is 0.484 e. The first-order valence-corrected chi connectivity index (χ1v) is 8.41. The predicted molar refractivity (Wildman–Crippen MR) is 96.4 cm³/mol. The first-order valence-electron chi connectivity index (χ1n) is 7.24. The number of amides is 2. The minimum Gasteiger partial charge on any atom is -0.484 e. The van der Waals surface area contributed by atoms with E-state index >= 15 is 0 Å². The summed E-state index contributed by atoms with van der Waals surface area (Å²) in [5.41, 5.74) is 0.551. The molecule has 2 aromatic rings. The highest BCUT2D eigenvalue weighted by Crippen LogP contribution is 2.16. The molecule has 0 fully saturated rings. The van der Waals surface area contributed by atoms with Crippen LogP contribution < -0.4 is 15.4 Å². The highest BCUT2D eigenvalue weighted by molar-refractivity contribution is 9.10. The smallest absolute Gasteiger partial charge is 0.258 e. The lowest BCUT2D eigenvalue weighted by molar-refractivity contribution is -0.123. The van der Waals surface area contributed by atoms with Gasteiger partial charge in [0, 0.05) is 22.6 Å². The summed E-state index contributed by atoms with van der Waals surface area (Å²) < 4.78 is 6.05. The van der Waals surface area contributed by atoms with Crippen LogP contribution in [0, 0.1) is 0 Å². The van der Waals surface area contributed by atoms with Crippen molar-refractivity contribution in [3.05, 3.63) is 63.6 Å². The van der Waals surface area contributed by atoms with Crippen molar-refractivity contribution in [1.82, 2.24) is 10.6 Å². The molecule has 0 aromatic heterocycles. The number of carbonyl (C=O) groups is 2.